The predicted molar refractivity (Wildman–Crippen MR) is 57.9 cm³/mol. The van der Waals surface area contributed by atoms with E-state index in [4.69, 9.17) is 4.74 Å². The summed E-state index contributed by atoms with van der Waals surface area (Å²) in [6, 6.07) is 4.76. The fourth-order valence-corrected chi connectivity index (χ4v) is 1.22. The Kier molecular flexibility index (Phi) is 3.44. The average molecular weight is 206 g/mol. The summed E-state index contributed by atoms with van der Waals surface area (Å²) >= 11 is 0. The van der Waals surface area contributed by atoms with Crippen LogP contribution in [0.25, 0.3) is 0 Å². The Hall–Kier alpha value is -1.84. The van der Waals surface area contributed by atoms with Crippen LogP contribution in [0.1, 0.15) is 11.5 Å². The molecule has 0 saturated heterocycles. The molecule has 1 unspecified atom stereocenters. The van der Waals surface area contributed by atoms with Gasteiger partial charge in [-0.3, -0.25) is 10.1 Å². The summed E-state index contributed by atoms with van der Waals surface area (Å²) < 4.78 is 4.89. The highest BCUT2D eigenvalue weighted by Crippen LogP contribution is 2.30. The number of hydrogen-bond acceptors (Lipinski definition) is 3. The van der Waals surface area contributed by atoms with E-state index in [1.807, 2.05) is 0 Å². The van der Waals surface area contributed by atoms with Crippen molar-refractivity contribution in [2.45, 2.75) is 5.92 Å². The molecule has 0 heterocycles. The molecule has 15 heavy (non-hydrogen) atoms. The molecule has 1 aromatic rings. The molecule has 0 spiro atoms. The lowest BCUT2D eigenvalue weighted by Gasteiger charge is -2.07. The number of hydrogen-bond donors (Lipinski definition) is 0. The Morgan fingerprint density at radius 2 is 2.27 bits per heavy atom. The summed E-state index contributed by atoms with van der Waals surface area (Å²) in [6.45, 7) is 7.39. The van der Waals surface area contributed by atoms with E-state index < -0.39 is 4.92 Å². The van der Waals surface area contributed by atoms with Gasteiger partial charge in [0.2, 0.25) is 0 Å². The highest BCUT2D eigenvalue weighted by atomic mass is 16.6. The third-order valence-corrected chi connectivity index (χ3v) is 2.11. The third kappa shape index (κ3) is 2.34. The van der Waals surface area contributed by atoms with Gasteiger partial charge in [0, 0.05) is 12.0 Å². The van der Waals surface area contributed by atoms with Crippen molar-refractivity contribution in [1.29, 1.82) is 0 Å². The molecular weight excluding hydrogens is 194 g/mol. The minimum absolute atomic E-state index is 0.0505. The molecule has 0 amide bonds. The minimum atomic E-state index is -0.474. The topological polar surface area (TPSA) is 52.4 Å². The van der Waals surface area contributed by atoms with Crippen LogP contribution in [0.2, 0.25) is 0 Å². The van der Waals surface area contributed by atoms with Crippen molar-refractivity contribution in [3.8, 4) is 5.75 Å². The van der Waals surface area contributed by atoms with Gasteiger partial charge in [-0.1, -0.05) is 12.1 Å². The molecule has 1 radical (unpaired) electrons. The van der Waals surface area contributed by atoms with E-state index in [9.17, 15) is 10.1 Å². The SMILES string of the molecule is [CH2]C(C=C)c1ccc(OC)c([N+](=O)[O-])c1. The second kappa shape index (κ2) is 4.59. The number of ether oxygens (including phenoxy) is 1. The highest BCUT2D eigenvalue weighted by molar-refractivity contribution is 5.50. The van der Waals surface area contributed by atoms with Crippen molar-refractivity contribution < 1.29 is 9.66 Å². The maximum Gasteiger partial charge on any atom is 0.311 e. The van der Waals surface area contributed by atoms with E-state index in [1.54, 1.807) is 18.2 Å². The quantitative estimate of drug-likeness (QED) is 0.432. The normalized spacial score (nSPS) is 11.9. The zero-order valence-corrected chi connectivity index (χ0v) is 8.47. The van der Waals surface area contributed by atoms with Crippen LogP contribution in [0.4, 0.5) is 5.69 Å². The molecule has 0 aliphatic carbocycles. The number of benzene rings is 1. The molecule has 4 nitrogen and oxygen atoms in total. The number of nitrogens with zero attached hydrogens (tertiary/aromatic N) is 1. The van der Waals surface area contributed by atoms with E-state index in [0.29, 0.717) is 0 Å². The van der Waals surface area contributed by atoms with Crippen molar-refractivity contribution in [2.24, 2.45) is 0 Å². The summed E-state index contributed by atoms with van der Waals surface area (Å²) in [7, 11) is 1.40. The maximum absolute atomic E-state index is 10.7. The monoisotopic (exact) mass is 206 g/mol. The summed E-state index contributed by atoms with van der Waals surface area (Å²) in [5.74, 6) is 0.0922. The number of nitro groups is 1. The van der Waals surface area contributed by atoms with Crippen molar-refractivity contribution in [3.63, 3.8) is 0 Å². The zero-order chi connectivity index (χ0) is 11.4. The molecule has 0 N–H and O–H groups in total. The molecule has 1 atom stereocenters. The molecule has 0 bridgehead atoms. The van der Waals surface area contributed by atoms with Gasteiger partial charge in [-0.25, -0.2) is 0 Å². The van der Waals surface area contributed by atoms with Crippen LogP contribution in [0.5, 0.6) is 5.75 Å². The van der Waals surface area contributed by atoms with E-state index >= 15 is 0 Å². The average Bonchev–Trinajstić information content (AvgIpc) is 2.27. The van der Waals surface area contributed by atoms with Gasteiger partial charge in [-0.15, -0.1) is 6.58 Å². The maximum atomic E-state index is 10.7. The van der Waals surface area contributed by atoms with Crippen LogP contribution in [0, 0.1) is 17.0 Å². The summed E-state index contributed by atoms with van der Waals surface area (Å²) in [5, 5.41) is 10.7. The standard InChI is InChI=1S/C11H12NO3/c1-4-8(2)9-5-6-11(15-3)10(7-9)12(13)14/h4-8H,1-2H2,3H3. The van der Waals surface area contributed by atoms with Crippen LogP contribution >= 0.6 is 0 Å². The first kappa shape index (κ1) is 11.2. The van der Waals surface area contributed by atoms with Crippen molar-refractivity contribution in [1.82, 2.24) is 0 Å². The van der Waals surface area contributed by atoms with Gasteiger partial charge < -0.3 is 4.74 Å². The fraction of sp³-hybridized carbons (Fsp3) is 0.182. The smallest absolute Gasteiger partial charge is 0.311 e. The second-order valence-electron chi connectivity index (χ2n) is 3.03. The third-order valence-electron chi connectivity index (χ3n) is 2.11. The number of methoxy groups -OCH3 is 1. The summed E-state index contributed by atoms with van der Waals surface area (Å²) in [6.07, 6.45) is 1.63. The Labute approximate surface area is 88.3 Å². The number of allylic oxidation sites excluding steroid dienone is 1. The minimum Gasteiger partial charge on any atom is -0.490 e. The molecule has 0 aliphatic rings. The zero-order valence-electron chi connectivity index (χ0n) is 8.47. The molecule has 0 fully saturated rings. The van der Waals surface area contributed by atoms with Crippen molar-refractivity contribution >= 4 is 5.69 Å². The first-order chi connectivity index (χ1) is 7.10. The Morgan fingerprint density at radius 3 is 2.73 bits per heavy atom. The highest BCUT2D eigenvalue weighted by Gasteiger charge is 2.16. The Morgan fingerprint density at radius 1 is 1.60 bits per heavy atom. The number of rotatable bonds is 4. The van der Waals surface area contributed by atoms with Crippen molar-refractivity contribution in [2.75, 3.05) is 7.11 Å². The summed E-state index contributed by atoms with van der Waals surface area (Å²) in [4.78, 5) is 10.2. The van der Waals surface area contributed by atoms with E-state index in [0.717, 1.165) is 5.56 Å². The lowest BCUT2D eigenvalue weighted by atomic mass is 10.0. The molecule has 4 heteroatoms. The van der Waals surface area contributed by atoms with Crippen LogP contribution in [0.15, 0.2) is 30.9 Å². The van der Waals surface area contributed by atoms with Crippen LogP contribution in [-0.2, 0) is 0 Å². The molecule has 1 aromatic carbocycles. The van der Waals surface area contributed by atoms with Gasteiger partial charge in [-0.2, -0.15) is 0 Å². The van der Waals surface area contributed by atoms with E-state index in [-0.39, 0.29) is 17.4 Å². The van der Waals surface area contributed by atoms with Crippen LogP contribution in [0.3, 0.4) is 0 Å². The van der Waals surface area contributed by atoms with E-state index in [1.165, 1.54) is 13.2 Å². The van der Waals surface area contributed by atoms with Crippen LogP contribution in [-0.4, -0.2) is 12.0 Å². The molecule has 79 valence electrons. The van der Waals surface area contributed by atoms with Gasteiger partial charge in [0.05, 0.1) is 12.0 Å². The Balaban J connectivity index is 3.21. The van der Waals surface area contributed by atoms with Crippen LogP contribution < -0.4 is 4.74 Å². The first-order valence-corrected chi connectivity index (χ1v) is 4.38. The van der Waals surface area contributed by atoms with Crippen molar-refractivity contribution in [3.05, 3.63) is 53.5 Å². The molecule has 1 rings (SSSR count). The first-order valence-electron chi connectivity index (χ1n) is 4.38. The van der Waals surface area contributed by atoms with Gasteiger partial charge in [0.15, 0.2) is 5.75 Å². The van der Waals surface area contributed by atoms with Gasteiger partial charge in [0.1, 0.15) is 0 Å². The number of nitro benzene ring substituents is 1. The molecule has 0 saturated carbocycles. The largest absolute Gasteiger partial charge is 0.490 e. The van der Waals surface area contributed by atoms with Gasteiger partial charge in [0.25, 0.3) is 0 Å². The Bertz CT molecular complexity index is 387. The lowest BCUT2D eigenvalue weighted by molar-refractivity contribution is -0.385. The van der Waals surface area contributed by atoms with Gasteiger partial charge >= 0.3 is 5.69 Å². The molecular formula is C11H12NO3. The predicted octanol–water partition coefficient (Wildman–Crippen LogP) is 2.71. The second-order valence-corrected chi connectivity index (χ2v) is 3.03. The molecule has 0 aromatic heterocycles. The van der Waals surface area contributed by atoms with E-state index in [2.05, 4.69) is 13.5 Å². The fourth-order valence-electron chi connectivity index (χ4n) is 1.22. The summed E-state index contributed by atoms with van der Waals surface area (Å²) in [5.41, 5.74) is 0.697. The van der Waals surface area contributed by atoms with Gasteiger partial charge in [-0.05, 0) is 18.6 Å². The molecule has 0 aliphatic heterocycles. The lowest BCUT2D eigenvalue weighted by Crippen LogP contribution is -1.96.